The largest absolute Gasteiger partial charge is 0.379 e. The van der Waals surface area contributed by atoms with Crippen molar-refractivity contribution >= 4 is 81.2 Å². The lowest BCUT2D eigenvalue weighted by Crippen LogP contribution is -2.43. The van der Waals surface area contributed by atoms with Crippen molar-refractivity contribution in [1.82, 2.24) is 54.8 Å². The van der Waals surface area contributed by atoms with Crippen molar-refractivity contribution in [3.63, 3.8) is 0 Å². The number of hydrogen-bond donors (Lipinski definition) is 4. The van der Waals surface area contributed by atoms with Gasteiger partial charge in [-0.05, 0) is 289 Å². The molecule has 25 heteroatoms. The van der Waals surface area contributed by atoms with Crippen molar-refractivity contribution in [2.24, 2.45) is 0 Å². The summed E-state index contributed by atoms with van der Waals surface area (Å²) in [6.45, 7) is 19.9. The quantitative estimate of drug-likeness (QED) is 0.0548. The molecular formula is C119H123FN16O8. The second-order valence-electron chi connectivity index (χ2n) is 38.8. The molecule has 0 spiro atoms. The number of aromatic nitrogens is 6. The summed E-state index contributed by atoms with van der Waals surface area (Å²) in [7, 11) is 0. The molecule has 5 aromatic heterocycles. The summed E-state index contributed by atoms with van der Waals surface area (Å²) >= 11 is 0. The van der Waals surface area contributed by atoms with Crippen molar-refractivity contribution in [2.45, 2.75) is 160 Å². The number of aryl methyl sites for hydroxylation is 4. The molecule has 7 aromatic carbocycles. The number of hydrogen-bond acceptors (Lipinski definition) is 16. The van der Waals surface area contributed by atoms with E-state index in [-0.39, 0.29) is 66.7 Å². The van der Waals surface area contributed by atoms with E-state index in [2.05, 4.69) is 129 Å². The third-order valence-corrected chi connectivity index (χ3v) is 29.4. The van der Waals surface area contributed by atoms with Crippen LogP contribution in [-0.4, -0.2) is 202 Å². The van der Waals surface area contributed by atoms with E-state index in [1.165, 1.54) is 55.2 Å². The predicted octanol–water partition coefficient (Wildman–Crippen LogP) is 18.9. The van der Waals surface area contributed by atoms with Crippen molar-refractivity contribution in [1.29, 1.82) is 0 Å². The molecular weight excluding hydrogens is 1800 g/mol. The first-order valence-electron chi connectivity index (χ1n) is 50.4. The smallest absolute Gasteiger partial charge is 0.257 e. The number of fused-ring (bicyclic) bond motifs is 1. The number of carbonyl (C=O) groups excluding carboxylic acids is 7. The maximum Gasteiger partial charge on any atom is 0.257 e. The van der Waals surface area contributed by atoms with E-state index in [0.717, 1.165) is 182 Å². The number of alkyl halides is 1. The lowest BCUT2D eigenvalue weighted by Gasteiger charge is -2.37. The van der Waals surface area contributed by atoms with Gasteiger partial charge in [0, 0.05) is 180 Å². The molecule has 13 heterocycles. The average molecular weight is 1920 g/mol. The van der Waals surface area contributed by atoms with E-state index in [9.17, 15) is 33.6 Å². The molecule has 4 N–H and O–H groups in total. The number of benzene rings is 7. The van der Waals surface area contributed by atoms with Crippen LogP contribution in [-0.2, 0) is 21.6 Å². The summed E-state index contributed by atoms with van der Waals surface area (Å²) in [6.07, 6.45) is 42.7. The summed E-state index contributed by atoms with van der Waals surface area (Å²) in [5, 5.41) is 8.84. The summed E-state index contributed by atoms with van der Waals surface area (Å²) in [5.41, 5.74) is 17.8. The Balaban J connectivity index is 0.000000132. The van der Waals surface area contributed by atoms with Crippen LogP contribution in [0.15, 0.2) is 213 Å². The first-order valence-corrected chi connectivity index (χ1v) is 50.4. The number of nitrogens with one attached hydrogen (secondary N) is 4. The van der Waals surface area contributed by atoms with Crippen LogP contribution < -0.4 is 30.7 Å². The van der Waals surface area contributed by atoms with Gasteiger partial charge in [-0.3, -0.25) is 38.5 Å². The van der Waals surface area contributed by atoms with Crippen molar-refractivity contribution < 1.29 is 42.7 Å². The van der Waals surface area contributed by atoms with Gasteiger partial charge in [0.1, 0.15) is 28.9 Å². The Morgan fingerprint density at radius 3 is 1.34 bits per heavy atom. The SMILES string of the molecule is C#Cc1ccc(C2(F)CCN(C(=O)c3ccc(C)c(CC(=O)N[C@@H]4CCOC4)c3)CC2)cc1.C#Cc1ccc(C2CCN(C(=O)c3ccc(C)c(-c4nc5cc(N6CCCC6)ncc5[nH]4)c3)CC2)cc1.C#Cc1ccc(C2CCN(C(=O)c3ccc(C)c(C(=O)Nc4ccc(N5CCCC5)nc4)c3)CC2)cc1.C#Cc1ccc(C2CCN(C(=O)c3cnc(C)c(NC(=O)c4ccc(N5CCCC5)nc4)c3)CC2)cc1. The number of carbonyl (C=O) groups is 7. The molecule has 1 atom stereocenters. The Kier molecular flexibility index (Phi) is 32.2. The van der Waals surface area contributed by atoms with E-state index in [0.29, 0.717) is 126 Å². The Morgan fingerprint density at radius 1 is 0.424 bits per heavy atom. The van der Waals surface area contributed by atoms with E-state index in [4.69, 9.17) is 35.4 Å². The normalized spacial score (nSPS) is 16.9. The molecule has 20 rings (SSSR count). The van der Waals surface area contributed by atoms with Gasteiger partial charge in [-0.25, -0.2) is 24.3 Å². The topological polar surface area (TPSA) is 268 Å². The molecule has 0 saturated carbocycles. The van der Waals surface area contributed by atoms with E-state index in [1.807, 2.05) is 133 Å². The van der Waals surface area contributed by atoms with E-state index < -0.39 is 5.67 Å². The Labute approximate surface area is 843 Å². The van der Waals surface area contributed by atoms with Crippen LogP contribution in [0.25, 0.3) is 22.4 Å². The maximum atomic E-state index is 15.6. The van der Waals surface area contributed by atoms with Crippen LogP contribution in [0.1, 0.15) is 249 Å². The maximum absolute atomic E-state index is 15.6. The van der Waals surface area contributed by atoms with Crippen LogP contribution in [0.3, 0.4) is 0 Å². The predicted molar refractivity (Wildman–Crippen MR) is 564 cm³/mol. The second-order valence-corrected chi connectivity index (χ2v) is 38.8. The first-order chi connectivity index (χ1) is 70.0. The fraction of sp³-hybridized carbons (Fsp3) is 0.345. The highest BCUT2D eigenvalue weighted by molar-refractivity contribution is 6.08. The highest BCUT2D eigenvalue weighted by Gasteiger charge is 2.39. The number of rotatable bonds is 19. The van der Waals surface area contributed by atoms with Crippen LogP contribution >= 0.6 is 0 Å². The Bertz CT molecular complexity index is 6800. The number of terminal acetylenes is 4. The number of pyridine rings is 4. The fourth-order valence-corrected chi connectivity index (χ4v) is 20.4. The molecule has 24 nitrogen and oxygen atoms in total. The molecule has 734 valence electrons. The standard InChI is InChI=1S/C31H31N5O.C31H32N4O2.C30H31N5O2.C27H29FN2O3/c1-3-22-7-10-23(11-8-22)24-12-16-36(17-13-24)31(37)25-9-6-21(2)26(18-25)30-33-27-19-29(32-20-28(27)34-30)35-14-4-5-15-35;1-3-23-7-10-24(11-8-23)25-14-18-35(19-15-25)31(37)26-9-6-22(2)28(20-26)30(36)33-27-12-13-29(32-21-27)34-16-4-5-17-34;1-3-22-6-8-23(9-7-22)24-12-16-35(17-13-24)30(37)26-18-27(21(2)31-20-26)33-29(36)25-10-11-28(32-19-25)34-14-4-5-15-34;1-3-20-5-8-23(9-6-20)27(28)11-13-30(14-12-27)26(32)21-7-4-19(2)22(16-21)17-25(31)29-24-10-15-33-18-24/h1,6-11,18-20,24H,4-5,12-17H2,2H3,(H,33,34);1,6-13,20-21,25H,4-5,14-19H2,2H3,(H,33,36);1,6-11,18-20,24H,4-5,12-17H2,2H3,(H,33,36);1,4-9,16,24H,10-15,17-18H2,2H3,(H,29,31)/t;;;24-/m...1/s1. The van der Waals surface area contributed by atoms with Gasteiger partial charge in [0.25, 0.3) is 35.4 Å². The molecule has 0 aliphatic carbocycles. The van der Waals surface area contributed by atoms with Gasteiger partial charge in [-0.2, -0.15) is 0 Å². The van der Waals surface area contributed by atoms with Gasteiger partial charge in [-0.15, -0.1) is 25.7 Å². The number of H-pyrrole nitrogens is 1. The number of nitrogens with zero attached hydrogens (tertiary/aromatic N) is 12. The number of piperidine rings is 4. The summed E-state index contributed by atoms with van der Waals surface area (Å²) in [4.78, 5) is 132. The third kappa shape index (κ3) is 24.4. The van der Waals surface area contributed by atoms with E-state index >= 15 is 4.39 Å². The zero-order valence-corrected chi connectivity index (χ0v) is 82.5. The van der Waals surface area contributed by atoms with Crippen LogP contribution in [0.5, 0.6) is 0 Å². The minimum absolute atomic E-state index is 0.0354. The molecule has 8 fully saturated rings. The molecule has 12 aromatic rings. The monoisotopic (exact) mass is 1920 g/mol. The number of anilines is 5. The van der Waals surface area contributed by atoms with Crippen molar-refractivity contribution in [3.05, 3.63) is 319 Å². The summed E-state index contributed by atoms with van der Waals surface area (Å²) < 4.78 is 20.9. The molecule has 8 aliphatic rings. The van der Waals surface area contributed by atoms with E-state index in [1.54, 1.807) is 78.1 Å². The van der Waals surface area contributed by atoms with Crippen LogP contribution in [0, 0.1) is 77.1 Å². The van der Waals surface area contributed by atoms with Crippen molar-refractivity contribution in [2.75, 3.05) is 130 Å². The molecule has 0 bridgehead atoms. The number of imidazole rings is 1. The van der Waals surface area contributed by atoms with Crippen LogP contribution in [0.2, 0.25) is 0 Å². The highest BCUT2D eigenvalue weighted by atomic mass is 19.1. The Morgan fingerprint density at radius 2 is 0.861 bits per heavy atom. The number of ether oxygens (including phenoxy) is 1. The highest BCUT2D eigenvalue weighted by Crippen LogP contribution is 2.40. The molecule has 7 amide bonds. The number of likely N-dealkylation sites (tertiary alicyclic amines) is 4. The lowest BCUT2D eigenvalue weighted by molar-refractivity contribution is -0.121. The molecule has 8 saturated heterocycles. The Hall–Kier alpha value is -15.6. The van der Waals surface area contributed by atoms with Gasteiger partial charge in [-0.1, -0.05) is 90.4 Å². The van der Waals surface area contributed by atoms with Gasteiger partial charge >= 0.3 is 0 Å². The van der Waals surface area contributed by atoms with Gasteiger partial charge < -0.3 is 60.0 Å². The van der Waals surface area contributed by atoms with Crippen LogP contribution in [0.4, 0.5) is 33.2 Å². The van der Waals surface area contributed by atoms with Gasteiger partial charge in [0.2, 0.25) is 5.91 Å². The minimum Gasteiger partial charge on any atom is -0.379 e. The zero-order chi connectivity index (χ0) is 100. The molecule has 8 aliphatic heterocycles. The molecule has 0 unspecified atom stereocenters. The molecule has 0 radical (unpaired) electrons. The minimum atomic E-state index is -1.47. The number of amides is 7. The van der Waals surface area contributed by atoms with Crippen molar-refractivity contribution in [3.8, 4) is 60.8 Å². The average Bonchev–Trinajstić information content (AvgIpc) is 1.72. The number of aromatic amines is 1. The first kappa shape index (κ1) is 100.0. The zero-order valence-electron chi connectivity index (χ0n) is 82.5. The van der Waals surface area contributed by atoms with Gasteiger partial charge in [0.15, 0.2) is 0 Å². The molecule has 144 heavy (non-hydrogen) atoms. The lowest BCUT2D eigenvalue weighted by atomic mass is 9.85. The third-order valence-electron chi connectivity index (χ3n) is 29.4. The van der Waals surface area contributed by atoms with Gasteiger partial charge in [0.05, 0.1) is 70.7 Å². The summed E-state index contributed by atoms with van der Waals surface area (Å²) in [6, 6.07) is 59.6. The fourth-order valence-electron chi connectivity index (χ4n) is 20.4. The summed E-state index contributed by atoms with van der Waals surface area (Å²) in [5.74, 6) is 14.7. The number of halogens is 1. The second kappa shape index (κ2) is 46.4.